The summed E-state index contributed by atoms with van der Waals surface area (Å²) < 4.78 is 45.1. The maximum Gasteiger partial charge on any atom is 0.490 e. The highest BCUT2D eigenvalue weighted by Crippen LogP contribution is 2.31. The van der Waals surface area contributed by atoms with Gasteiger partial charge in [0.15, 0.2) is 5.65 Å². The van der Waals surface area contributed by atoms with E-state index in [4.69, 9.17) is 36.0 Å². The Morgan fingerprint density at radius 3 is 2.55 bits per heavy atom. The van der Waals surface area contributed by atoms with E-state index >= 15 is 0 Å². The Morgan fingerprint density at radius 2 is 1.95 bits per heavy atom. The first-order chi connectivity index (χ1) is 17.9. The van der Waals surface area contributed by atoms with Gasteiger partial charge < -0.3 is 19.6 Å². The molecule has 2 saturated heterocycles. The van der Waals surface area contributed by atoms with Crippen molar-refractivity contribution in [1.29, 1.82) is 0 Å². The van der Waals surface area contributed by atoms with E-state index in [1.807, 2.05) is 36.7 Å². The minimum absolute atomic E-state index is 0.0384. The molecule has 0 radical (unpaired) electrons. The van der Waals surface area contributed by atoms with E-state index in [0.717, 1.165) is 31.5 Å². The van der Waals surface area contributed by atoms with Gasteiger partial charge in [-0.05, 0) is 44.4 Å². The zero-order chi connectivity index (χ0) is 27.6. The summed E-state index contributed by atoms with van der Waals surface area (Å²) in [5.41, 5.74) is 1.61. The number of halogens is 4. The predicted octanol–water partition coefficient (Wildman–Crippen LogP) is 3.89. The molecule has 1 unspecified atom stereocenters. The smallest absolute Gasteiger partial charge is 0.486 e. The average molecular weight is 558 g/mol. The molecule has 10 nitrogen and oxygen atoms in total. The van der Waals surface area contributed by atoms with Crippen molar-refractivity contribution in [3.8, 4) is 5.75 Å². The van der Waals surface area contributed by atoms with Gasteiger partial charge in [0.05, 0.1) is 23.3 Å². The summed E-state index contributed by atoms with van der Waals surface area (Å²) in [5, 5.41) is 12.7. The molecule has 2 fully saturated rings. The SMILES string of the molecule is Cc1ccc(OC2CN(C(C)c3nc4c(cnn4C4CCOCC4)c(=O)[nH]3)C2)c(Cl)c1.O=C(O)C(F)(F)F. The van der Waals surface area contributed by atoms with Gasteiger partial charge in [0.25, 0.3) is 5.56 Å². The quantitative estimate of drug-likeness (QED) is 0.484. The minimum Gasteiger partial charge on any atom is -0.486 e. The van der Waals surface area contributed by atoms with Crippen molar-refractivity contribution in [2.45, 2.75) is 51.1 Å². The number of aryl methyl sites for hydroxylation is 1. The van der Waals surface area contributed by atoms with Crippen molar-refractivity contribution in [1.82, 2.24) is 24.6 Å². The van der Waals surface area contributed by atoms with Crippen LogP contribution in [0.25, 0.3) is 11.0 Å². The van der Waals surface area contributed by atoms with Gasteiger partial charge in [0.2, 0.25) is 0 Å². The van der Waals surface area contributed by atoms with Crippen LogP contribution in [0.3, 0.4) is 0 Å². The molecule has 38 heavy (non-hydrogen) atoms. The number of hydrogen-bond donors (Lipinski definition) is 2. The first kappa shape index (κ1) is 27.9. The van der Waals surface area contributed by atoms with Crippen LogP contribution in [0.15, 0.2) is 29.2 Å². The second-order valence-corrected chi connectivity index (χ2v) is 9.63. The van der Waals surface area contributed by atoms with E-state index in [2.05, 4.69) is 15.0 Å². The van der Waals surface area contributed by atoms with Crippen LogP contribution in [-0.4, -0.2) is 74.3 Å². The van der Waals surface area contributed by atoms with Gasteiger partial charge in [-0.15, -0.1) is 0 Å². The van der Waals surface area contributed by atoms with Crippen LogP contribution >= 0.6 is 11.6 Å². The monoisotopic (exact) mass is 557 g/mol. The summed E-state index contributed by atoms with van der Waals surface area (Å²) in [5.74, 6) is -1.40. The van der Waals surface area contributed by atoms with Gasteiger partial charge >= 0.3 is 12.1 Å². The molecular formula is C24H27ClF3N5O5. The van der Waals surface area contributed by atoms with Gasteiger partial charge in [-0.1, -0.05) is 17.7 Å². The lowest BCUT2D eigenvalue weighted by atomic mass is 10.1. The van der Waals surface area contributed by atoms with Gasteiger partial charge in [-0.3, -0.25) is 9.69 Å². The fraction of sp³-hybridized carbons (Fsp3) is 0.500. The number of rotatable bonds is 5. The van der Waals surface area contributed by atoms with E-state index in [1.54, 1.807) is 6.20 Å². The number of alkyl halides is 3. The number of carboxylic acids is 1. The molecule has 1 atom stereocenters. The highest BCUT2D eigenvalue weighted by atomic mass is 35.5. The predicted molar refractivity (Wildman–Crippen MR) is 132 cm³/mol. The molecule has 206 valence electrons. The molecule has 0 bridgehead atoms. The number of nitrogens with one attached hydrogen (secondary N) is 1. The van der Waals surface area contributed by atoms with Crippen molar-refractivity contribution in [2.24, 2.45) is 0 Å². The van der Waals surface area contributed by atoms with Crippen molar-refractivity contribution in [3.05, 3.63) is 51.2 Å². The number of nitrogens with zero attached hydrogens (tertiary/aromatic N) is 4. The van der Waals surface area contributed by atoms with Crippen molar-refractivity contribution >= 4 is 28.6 Å². The van der Waals surface area contributed by atoms with E-state index < -0.39 is 12.1 Å². The first-order valence-electron chi connectivity index (χ1n) is 12.0. The molecule has 2 aliphatic heterocycles. The van der Waals surface area contributed by atoms with E-state index in [9.17, 15) is 18.0 Å². The summed E-state index contributed by atoms with van der Waals surface area (Å²) in [7, 11) is 0. The minimum atomic E-state index is -5.08. The van der Waals surface area contributed by atoms with Crippen molar-refractivity contribution < 1.29 is 32.5 Å². The lowest BCUT2D eigenvalue weighted by Gasteiger charge is -2.42. The summed E-state index contributed by atoms with van der Waals surface area (Å²) in [6.07, 6.45) is -1.65. The van der Waals surface area contributed by atoms with Crippen molar-refractivity contribution in [3.63, 3.8) is 0 Å². The fourth-order valence-corrected chi connectivity index (χ4v) is 4.54. The Morgan fingerprint density at radius 1 is 1.29 bits per heavy atom. The Hall–Kier alpha value is -3.16. The standard InChI is InChI=1S/C22H26ClN5O3.C2HF3O2/c1-13-3-4-19(18(23)9-13)31-16-11-27(12-16)14(2)20-25-21-17(22(29)26-20)10-24-28(21)15-5-7-30-8-6-15;3-2(4,5)1(6)7/h3-4,9-10,14-16H,5-8,11-12H2,1-2H3,(H,25,26,29);(H,6,7). The molecule has 0 amide bonds. The lowest BCUT2D eigenvalue weighted by Crippen LogP contribution is -2.54. The van der Waals surface area contributed by atoms with Crippen LogP contribution in [0.4, 0.5) is 13.2 Å². The molecule has 14 heteroatoms. The largest absolute Gasteiger partial charge is 0.490 e. The van der Waals surface area contributed by atoms with Crippen LogP contribution in [0.1, 0.15) is 43.2 Å². The summed E-state index contributed by atoms with van der Waals surface area (Å²) in [6.45, 7) is 6.95. The average Bonchev–Trinajstić information content (AvgIpc) is 3.27. The zero-order valence-corrected chi connectivity index (χ0v) is 21.4. The molecule has 0 aliphatic carbocycles. The number of aromatic nitrogens is 4. The van der Waals surface area contributed by atoms with Crippen LogP contribution in [-0.2, 0) is 9.53 Å². The van der Waals surface area contributed by atoms with Crippen LogP contribution in [0, 0.1) is 6.92 Å². The van der Waals surface area contributed by atoms with E-state index in [-0.39, 0.29) is 23.7 Å². The van der Waals surface area contributed by atoms with Gasteiger partial charge in [-0.25, -0.2) is 14.5 Å². The number of likely N-dealkylation sites (tertiary alicyclic amines) is 1. The summed E-state index contributed by atoms with van der Waals surface area (Å²) >= 11 is 6.29. The molecule has 0 spiro atoms. The molecule has 1 aromatic carbocycles. The third-order valence-electron chi connectivity index (χ3n) is 6.46. The fourth-order valence-electron chi connectivity index (χ4n) is 4.26. The van der Waals surface area contributed by atoms with E-state index in [0.29, 0.717) is 40.8 Å². The maximum atomic E-state index is 12.7. The van der Waals surface area contributed by atoms with Gasteiger partial charge in [0, 0.05) is 26.3 Å². The molecule has 5 rings (SSSR count). The number of ether oxygens (including phenoxy) is 2. The molecular weight excluding hydrogens is 531 g/mol. The van der Waals surface area contributed by atoms with Gasteiger partial charge in [0.1, 0.15) is 23.1 Å². The first-order valence-corrected chi connectivity index (χ1v) is 12.3. The summed E-state index contributed by atoms with van der Waals surface area (Å²) in [4.78, 5) is 31.5. The third kappa shape index (κ3) is 6.27. The Kier molecular flexibility index (Phi) is 8.28. The van der Waals surface area contributed by atoms with Crippen LogP contribution in [0.2, 0.25) is 5.02 Å². The zero-order valence-electron chi connectivity index (χ0n) is 20.7. The number of H-pyrrole nitrogens is 1. The molecule has 3 aromatic rings. The van der Waals surface area contributed by atoms with Gasteiger partial charge in [-0.2, -0.15) is 18.3 Å². The summed E-state index contributed by atoms with van der Waals surface area (Å²) in [6, 6.07) is 5.98. The second-order valence-electron chi connectivity index (χ2n) is 9.23. The Labute approximate surface area is 220 Å². The number of benzene rings is 1. The second kappa shape index (κ2) is 11.3. The molecule has 4 heterocycles. The number of carboxylic acid groups (broad SMARTS) is 1. The number of aromatic amines is 1. The molecule has 2 N–H and O–H groups in total. The molecule has 0 saturated carbocycles. The Bertz CT molecular complexity index is 1350. The highest BCUT2D eigenvalue weighted by Gasteiger charge is 2.38. The topological polar surface area (TPSA) is 123 Å². The highest BCUT2D eigenvalue weighted by molar-refractivity contribution is 6.32. The van der Waals surface area contributed by atoms with Crippen LogP contribution < -0.4 is 10.3 Å². The maximum absolute atomic E-state index is 12.7. The molecule has 2 aliphatic rings. The normalized spacial score (nSPS) is 17.9. The van der Waals surface area contributed by atoms with Crippen LogP contribution in [0.5, 0.6) is 5.75 Å². The molecule has 2 aromatic heterocycles. The number of fused-ring (bicyclic) bond motifs is 1. The lowest BCUT2D eigenvalue weighted by molar-refractivity contribution is -0.192. The number of hydrogen-bond acceptors (Lipinski definition) is 7. The van der Waals surface area contributed by atoms with E-state index in [1.165, 1.54) is 0 Å². The Balaban J connectivity index is 0.000000426. The number of carbonyl (C=O) groups is 1. The van der Waals surface area contributed by atoms with Crippen molar-refractivity contribution in [2.75, 3.05) is 26.3 Å². The number of aliphatic carboxylic acids is 1. The third-order valence-corrected chi connectivity index (χ3v) is 6.76.